The Labute approximate surface area is 144 Å². The third-order valence-corrected chi connectivity index (χ3v) is 3.97. The van der Waals surface area contributed by atoms with Crippen LogP contribution in [-0.4, -0.2) is 14.8 Å². The summed E-state index contributed by atoms with van der Waals surface area (Å²) in [5.74, 6) is -0.438. The number of fused-ring (bicyclic) bond motifs is 1. The first-order chi connectivity index (χ1) is 12.4. The Kier molecular flexibility index (Phi) is 3.57. The van der Waals surface area contributed by atoms with Gasteiger partial charge in [-0.3, -0.25) is 0 Å². The second-order valence-electron chi connectivity index (χ2n) is 5.68. The van der Waals surface area contributed by atoms with Crippen molar-refractivity contribution in [3.63, 3.8) is 0 Å². The van der Waals surface area contributed by atoms with Gasteiger partial charge in [0.2, 0.25) is 0 Å². The second kappa shape index (κ2) is 5.69. The first kappa shape index (κ1) is 16.3. The molecule has 0 saturated carbocycles. The molecule has 132 valence electrons. The Morgan fingerprint density at radius 1 is 1.08 bits per heavy atom. The van der Waals surface area contributed by atoms with E-state index in [2.05, 4.69) is 10.1 Å². The van der Waals surface area contributed by atoms with Gasteiger partial charge in [0, 0.05) is 0 Å². The van der Waals surface area contributed by atoms with Crippen LogP contribution >= 0.6 is 0 Å². The lowest BCUT2D eigenvalue weighted by atomic mass is 10.1. The topological polar surface area (TPSA) is 43.9 Å². The summed E-state index contributed by atoms with van der Waals surface area (Å²) in [5.41, 5.74) is -0.868. The largest absolute Gasteiger partial charge is 0.463 e. The number of pyridine rings is 1. The summed E-state index contributed by atoms with van der Waals surface area (Å²) in [5, 5.41) is 3.93. The Bertz CT molecular complexity index is 1100. The summed E-state index contributed by atoms with van der Waals surface area (Å²) in [7, 11) is 0. The number of rotatable bonds is 2. The maximum absolute atomic E-state index is 14.2. The van der Waals surface area contributed by atoms with Crippen LogP contribution in [0.15, 0.2) is 53.1 Å². The zero-order valence-corrected chi connectivity index (χ0v) is 13.4. The molecule has 4 aromatic rings. The van der Waals surface area contributed by atoms with Crippen LogP contribution in [0.25, 0.3) is 28.2 Å². The van der Waals surface area contributed by atoms with E-state index in [1.165, 1.54) is 37.5 Å². The van der Waals surface area contributed by atoms with Crippen LogP contribution in [0.2, 0.25) is 0 Å². The SMILES string of the molecule is Cc1nn(-c2ccccc2F)c2nc(-c3ccco3)cc(C(F)(F)F)c12. The summed E-state index contributed by atoms with van der Waals surface area (Å²) < 4.78 is 61.4. The van der Waals surface area contributed by atoms with Crippen molar-refractivity contribution in [2.45, 2.75) is 13.1 Å². The molecule has 8 heteroatoms. The zero-order valence-electron chi connectivity index (χ0n) is 13.4. The van der Waals surface area contributed by atoms with Crippen LogP contribution in [-0.2, 0) is 6.18 Å². The predicted octanol–water partition coefficient (Wildman–Crippen LogP) is 5.15. The molecule has 4 rings (SSSR count). The van der Waals surface area contributed by atoms with Gasteiger partial charge in [-0.05, 0) is 37.3 Å². The van der Waals surface area contributed by atoms with Gasteiger partial charge in [0.05, 0.1) is 22.9 Å². The van der Waals surface area contributed by atoms with Crippen molar-refractivity contribution < 1.29 is 22.0 Å². The van der Waals surface area contributed by atoms with Gasteiger partial charge >= 0.3 is 6.18 Å². The number of hydrogen-bond acceptors (Lipinski definition) is 3. The van der Waals surface area contributed by atoms with E-state index in [1.807, 2.05) is 0 Å². The van der Waals surface area contributed by atoms with Gasteiger partial charge < -0.3 is 4.42 Å². The molecular weight excluding hydrogens is 350 g/mol. The first-order valence-corrected chi connectivity index (χ1v) is 7.62. The highest BCUT2D eigenvalue weighted by Crippen LogP contribution is 2.38. The minimum absolute atomic E-state index is 0.00712. The number of alkyl halides is 3. The molecule has 0 radical (unpaired) electrons. The number of hydrogen-bond donors (Lipinski definition) is 0. The van der Waals surface area contributed by atoms with E-state index in [-0.39, 0.29) is 33.9 Å². The number of aryl methyl sites for hydroxylation is 1. The normalized spacial score (nSPS) is 12.0. The maximum Gasteiger partial charge on any atom is 0.417 e. The van der Waals surface area contributed by atoms with Crippen molar-refractivity contribution in [3.05, 3.63) is 65.8 Å². The van der Waals surface area contributed by atoms with E-state index in [9.17, 15) is 17.6 Å². The molecule has 0 bridgehead atoms. The van der Waals surface area contributed by atoms with Crippen LogP contribution < -0.4 is 0 Å². The number of halogens is 4. The minimum atomic E-state index is -4.63. The van der Waals surface area contributed by atoms with Crippen LogP contribution in [0.5, 0.6) is 0 Å². The molecule has 0 fully saturated rings. The average Bonchev–Trinajstić information content (AvgIpc) is 3.22. The van der Waals surface area contributed by atoms with Gasteiger partial charge in [0.1, 0.15) is 17.2 Å². The third kappa shape index (κ3) is 2.54. The fourth-order valence-corrected chi connectivity index (χ4v) is 2.85. The van der Waals surface area contributed by atoms with Gasteiger partial charge in [-0.15, -0.1) is 0 Å². The molecule has 26 heavy (non-hydrogen) atoms. The van der Waals surface area contributed by atoms with Gasteiger partial charge in [0.25, 0.3) is 0 Å². The monoisotopic (exact) mass is 361 g/mol. The van der Waals surface area contributed by atoms with E-state index in [4.69, 9.17) is 4.42 Å². The van der Waals surface area contributed by atoms with Crippen molar-refractivity contribution >= 4 is 11.0 Å². The second-order valence-corrected chi connectivity index (χ2v) is 5.68. The molecule has 0 amide bonds. The number of para-hydroxylation sites is 1. The van der Waals surface area contributed by atoms with Crippen molar-refractivity contribution in [2.24, 2.45) is 0 Å². The molecule has 0 aliphatic heterocycles. The van der Waals surface area contributed by atoms with Crippen molar-refractivity contribution in [2.75, 3.05) is 0 Å². The molecule has 3 heterocycles. The van der Waals surface area contributed by atoms with Crippen LogP contribution in [0.1, 0.15) is 11.3 Å². The highest BCUT2D eigenvalue weighted by atomic mass is 19.4. The average molecular weight is 361 g/mol. The lowest BCUT2D eigenvalue weighted by Gasteiger charge is -2.11. The fraction of sp³-hybridized carbons (Fsp3) is 0.111. The van der Waals surface area contributed by atoms with Crippen molar-refractivity contribution in [3.8, 4) is 17.1 Å². The number of furan rings is 1. The highest BCUT2D eigenvalue weighted by Gasteiger charge is 2.36. The number of nitrogens with zero attached hydrogens (tertiary/aromatic N) is 3. The Balaban J connectivity index is 2.11. The van der Waals surface area contributed by atoms with E-state index < -0.39 is 17.6 Å². The zero-order chi connectivity index (χ0) is 18.5. The smallest absolute Gasteiger partial charge is 0.417 e. The lowest BCUT2D eigenvalue weighted by Crippen LogP contribution is -2.08. The summed E-state index contributed by atoms with van der Waals surface area (Å²) >= 11 is 0. The molecule has 3 aromatic heterocycles. The summed E-state index contributed by atoms with van der Waals surface area (Å²) in [4.78, 5) is 4.27. The summed E-state index contributed by atoms with van der Waals surface area (Å²) in [6.45, 7) is 1.43. The molecule has 0 aliphatic carbocycles. The van der Waals surface area contributed by atoms with Gasteiger partial charge in [-0.1, -0.05) is 12.1 Å². The Hall–Kier alpha value is -3.16. The minimum Gasteiger partial charge on any atom is -0.463 e. The molecular formula is C18H11F4N3O. The molecule has 0 N–H and O–H groups in total. The Morgan fingerprint density at radius 2 is 1.85 bits per heavy atom. The molecule has 0 unspecified atom stereocenters. The number of benzene rings is 1. The first-order valence-electron chi connectivity index (χ1n) is 7.62. The van der Waals surface area contributed by atoms with Crippen molar-refractivity contribution in [1.82, 2.24) is 14.8 Å². The van der Waals surface area contributed by atoms with E-state index in [0.29, 0.717) is 0 Å². The predicted molar refractivity (Wildman–Crippen MR) is 86.3 cm³/mol. The fourth-order valence-electron chi connectivity index (χ4n) is 2.85. The molecule has 0 spiro atoms. The molecule has 4 nitrogen and oxygen atoms in total. The van der Waals surface area contributed by atoms with E-state index in [0.717, 1.165) is 10.7 Å². The molecule has 0 saturated heterocycles. The van der Waals surface area contributed by atoms with Gasteiger partial charge in [0.15, 0.2) is 11.4 Å². The van der Waals surface area contributed by atoms with E-state index in [1.54, 1.807) is 12.1 Å². The van der Waals surface area contributed by atoms with Gasteiger partial charge in [-0.2, -0.15) is 18.3 Å². The van der Waals surface area contributed by atoms with Crippen LogP contribution in [0.3, 0.4) is 0 Å². The third-order valence-electron chi connectivity index (χ3n) is 3.97. The standard InChI is InChI=1S/C18H11F4N3O/c1-10-16-11(18(20,21)22)9-13(15-7-4-8-26-15)23-17(16)25(24-10)14-6-3-2-5-12(14)19/h2-9H,1H3. The maximum atomic E-state index is 14.2. The van der Waals surface area contributed by atoms with Crippen LogP contribution in [0.4, 0.5) is 17.6 Å². The number of aromatic nitrogens is 3. The molecule has 1 aromatic carbocycles. The van der Waals surface area contributed by atoms with Gasteiger partial charge in [-0.25, -0.2) is 14.1 Å². The van der Waals surface area contributed by atoms with E-state index >= 15 is 0 Å². The lowest BCUT2D eigenvalue weighted by molar-refractivity contribution is -0.136. The Morgan fingerprint density at radius 3 is 2.50 bits per heavy atom. The quantitative estimate of drug-likeness (QED) is 0.464. The highest BCUT2D eigenvalue weighted by molar-refractivity contribution is 5.86. The summed E-state index contributed by atoms with van der Waals surface area (Å²) in [6, 6.07) is 9.66. The van der Waals surface area contributed by atoms with Crippen molar-refractivity contribution in [1.29, 1.82) is 0 Å². The summed E-state index contributed by atoms with van der Waals surface area (Å²) in [6.07, 6.45) is -3.29. The molecule has 0 aliphatic rings. The molecule has 0 atom stereocenters. The van der Waals surface area contributed by atoms with Crippen LogP contribution in [0, 0.1) is 12.7 Å².